The number of nitrogens with zero attached hydrogens (tertiary/aromatic N) is 3. The van der Waals surface area contributed by atoms with Gasteiger partial charge in [0.2, 0.25) is 0 Å². The predicted octanol–water partition coefficient (Wildman–Crippen LogP) is 5.42. The average molecular weight is 480 g/mol. The minimum absolute atomic E-state index is 0.0946. The van der Waals surface area contributed by atoms with Crippen LogP contribution in [0, 0.1) is 40.4 Å². The lowest BCUT2D eigenvalue weighted by molar-refractivity contribution is -0.151. The molecule has 2 aromatic rings. The molecule has 0 amide bonds. The van der Waals surface area contributed by atoms with Gasteiger partial charge in [0.1, 0.15) is 23.3 Å². The minimum atomic E-state index is -0.485. The molecule has 1 aromatic heterocycles. The highest BCUT2D eigenvalue weighted by Gasteiger charge is 2.61. The van der Waals surface area contributed by atoms with Crippen LogP contribution in [0.4, 0.5) is 0 Å². The summed E-state index contributed by atoms with van der Waals surface area (Å²) in [5.41, 5.74) is 1.53. The third-order valence-electron chi connectivity index (χ3n) is 11.3. The van der Waals surface area contributed by atoms with Gasteiger partial charge in [-0.25, -0.2) is 0 Å². The molecule has 4 aliphatic rings. The Balaban J connectivity index is 1.19. The third-order valence-corrected chi connectivity index (χ3v) is 11.3. The molecule has 6 nitrogen and oxygen atoms in total. The predicted molar refractivity (Wildman–Crippen MR) is 135 cm³/mol. The number of benzene rings is 1. The summed E-state index contributed by atoms with van der Waals surface area (Å²) >= 11 is 0. The van der Waals surface area contributed by atoms with E-state index in [2.05, 4.69) is 24.0 Å². The fraction of sp³-hybridized carbons (Fsp3) is 0.759. The van der Waals surface area contributed by atoms with Crippen molar-refractivity contribution in [3.8, 4) is 5.75 Å². The first-order valence-corrected chi connectivity index (χ1v) is 13.8. The number of hydrogen-bond acceptors (Lipinski definition) is 5. The highest BCUT2D eigenvalue weighted by atomic mass is 16.5. The highest BCUT2D eigenvalue weighted by Crippen LogP contribution is 2.68. The molecule has 4 aliphatic carbocycles. The van der Waals surface area contributed by atoms with Crippen LogP contribution in [0.1, 0.15) is 78.6 Å². The molecule has 1 heterocycles. The van der Waals surface area contributed by atoms with Crippen molar-refractivity contribution in [1.82, 2.24) is 15.0 Å². The second-order valence-corrected chi connectivity index (χ2v) is 13.1. The highest BCUT2D eigenvalue weighted by molar-refractivity contribution is 5.82. The van der Waals surface area contributed by atoms with Gasteiger partial charge in [-0.3, -0.25) is 4.79 Å². The first kappa shape index (κ1) is 23.4. The zero-order valence-electron chi connectivity index (χ0n) is 21.8. The first-order valence-electron chi connectivity index (χ1n) is 13.8. The van der Waals surface area contributed by atoms with Gasteiger partial charge in [-0.1, -0.05) is 13.8 Å². The number of methoxy groups -OCH3 is 1. The van der Waals surface area contributed by atoms with Crippen LogP contribution in [0.25, 0.3) is 11.0 Å². The fourth-order valence-corrected chi connectivity index (χ4v) is 9.35. The summed E-state index contributed by atoms with van der Waals surface area (Å²) in [5.74, 6) is 3.93. The Bertz CT molecular complexity index is 1140. The molecule has 0 bridgehead atoms. The van der Waals surface area contributed by atoms with E-state index >= 15 is 0 Å². The maximum Gasteiger partial charge on any atom is 0.159 e. The van der Waals surface area contributed by atoms with Gasteiger partial charge in [-0.2, -0.15) is 15.0 Å². The number of carbonyl (C=O) groups excluding carboxylic acids is 1. The number of ketones is 1. The van der Waals surface area contributed by atoms with E-state index in [1.165, 1.54) is 25.7 Å². The summed E-state index contributed by atoms with van der Waals surface area (Å²) in [5, 5.41) is 19.9. The van der Waals surface area contributed by atoms with E-state index in [1.54, 1.807) is 11.9 Å². The van der Waals surface area contributed by atoms with E-state index in [4.69, 9.17) is 4.74 Å². The molecule has 190 valence electrons. The summed E-state index contributed by atoms with van der Waals surface area (Å²) in [6.07, 6.45) is 10.1. The largest absolute Gasteiger partial charge is 0.497 e. The van der Waals surface area contributed by atoms with Crippen LogP contribution in [0.5, 0.6) is 5.75 Å². The van der Waals surface area contributed by atoms with Crippen LogP contribution in [-0.2, 0) is 11.3 Å². The second-order valence-electron chi connectivity index (χ2n) is 13.1. The lowest BCUT2D eigenvalue weighted by Crippen LogP contribution is -2.55. The topological polar surface area (TPSA) is 77.2 Å². The van der Waals surface area contributed by atoms with Crippen LogP contribution in [-0.4, -0.2) is 38.6 Å². The minimum Gasteiger partial charge on any atom is -0.497 e. The number of hydrogen-bond donors (Lipinski definition) is 1. The maximum atomic E-state index is 13.6. The van der Waals surface area contributed by atoms with Crippen LogP contribution in [0.2, 0.25) is 0 Å². The molecule has 0 spiro atoms. The molecule has 8 atom stereocenters. The van der Waals surface area contributed by atoms with Crippen molar-refractivity contribution < 1.29 is 14.6 Å². The van der Waals surface area contributed by atoms with Crippen molar-refractivity contribution in [3.05, 3.63) is 18.2 Å². The molecule has 4 saturated carbocycles. The lowest BCUT2D eigenvalue weighted by atomic mass is 9.44. The van der Waals surface area contributed by atoms with E-state index in [-0.39, 0.29) is 17.9 Å². The summed E-state index contributed by atoms with van der Waals surface area (Å²) in [4.78, 5) is 15.2. The monoisotopic (exact) mass is 479 g/mol. The Labute approximate surface area is 208 Å². The smallest absolute Gasteiger partial charge is 0.159 e. The zero-order valence-corrected chi connectivity index (χ0v) is 21.8. The Morgan fingerprint density at radius 2 is 1.77 bits per heavy atom. The van der Waals surface area contributed by atoms with Gasteiger partial charge < -0.3 is 9.84 Å². The molecule has 35 heavy (non-hydrogen) atoms. The van der Waals surface area contributed by atoms with E-state index in [9.17, 15) is 9.90 Å². The van der Waals surface area contributed by atoms with Crippen molar-refractivity contribution >= 4 is 16.8 Å². The molecular formula is C29H41N3O3. The van der Waals surface area contributed by atoms with Gasteiger partial charge in [0.15, 0.2) is 5.78 Å². The SMILES string of the molecule is COc1ccc2nn(CC(=O)[C@H]3CC[C@H]4[C@@H]5CC[C@@H]6C[C@](C)(O)CC[C@]6(C)[C@H]5CC[C@]34C)nc2c1. The van der Waals surface area contributed by atoms with Crippen molar-refractivity contribution in [3.63, 3.8) is 0 Å². The average Bonchev–Trinajstić information content (AvgIpc) is 3.38. The molecule has 0 aliphatic heterocycles. The summed E-state index contributed by atoms with van der Waals surface area (Å²) in [6.45, 7) is 7.25. The Kier molecular flexibility index (Phi) is 5.38. The molecule has 1 N–H and O–H groups in total. The number of ether oxygens (including phenoxy) is 1. The van der Waals surface area contributed by atoms with Crippen molar-refractivity contribution in [2.45, 2.75) is 90.7 Å². The van der Waals surface area contributed by atoms with Crippen LogP contribution >= 0.6 is 0 Å². The van der Waals surface area contributed by atoms with Crippen molar-refractivity contribution in [2.24, 2.45) is 40.4 Å². The molecule has 6 heteroatoms. The van der Waals surface area contributed by atoms with Crippen molar-refractivity contribution in [2.75, 3.05) is 7.11 Å². The molecule has 0 saturated heterocycles. The Morgan fingerprint density at radius 1 is 1.00 bits per heavy atom. The maximum absolute atomic E-state index is 13.6. The summed E-state index contributed by atoms with van der Waals surface area (Å²) in [6, 6.07) is 5.66. The summed E-state index contributed by atoms with van der Waals surface area (Å²) in [7, 11) is 1.64. The summed E-state index contributed by atoms with van der Waals surface area (Å²) < 4.78 is 5.30. The number of Topliss-reactive ketones (excluding diaryl/α,β-unsaturated/α-hetero) is 1. The molecule has 0 unspecified atom stereocenters. The van der Waals surface area contributed by atoms with Gasteiger partial charge >= 0.3 is 0 Å². The van der Waals surface area contributed by atoms with E-state index in [1.807, 2.05) is 25.1 Å². The Hall–Kier alpha value is -1.95. The molecule has 0 radical (unpaired) electrons. The fourth-order valence-electron chi connectivity index (χ4n) is 9.35. The van der Waals surface area contributed by atoms with Gasteiger partial charge in [-0.15, -0.1) is 0 Å². The van der Waals surface area contributed by atoms with Crippen LogP contribution < -0.4 is 4.74 Å². The number of fused-ring (bicyclic) bond motifs is 6. The van der Waals surface area contributed by atoms with Gasteiger partial charge in [-0.05, 0) is 111 Å². The lowest BCUT2D eigenvalue weighted by Gasteiger charge is -2.61. The van der Waals surface area contributed by atoms with Gasteiger partial charge in [0, 0.05) is 12.0 Å². The number of aromatic nitrogens is 3. The molecule has 1 aromatic carbocycles. The molecule has 4 fully saturated rings. The number of aliphatic hydroxyl groups is 1. The third kappa shape index (κ3) is 3.65. The zero-order chi connectivity index (χ0) is 24.6. The van der Waals surface area contributed by atoms with Crippen LogP contribution in [0.15, 0.2) is 18.2 Å². The normalized spacial score (nSPS) is 42.8. The standard InChI is InChI=1S/C29H41N3O3/c1-27(34)13-14-28(2)18(16-27)5-7-20-21-8-9-23(29(21,3)12-11-22(20)28)26(33)17-32-30-24-10-6-19(35-4)15-25(24)31-32/h6,10,15,18,20-23,34H,5,7-9,11-14,16-17H2,1-4H3/t18-,20+,21+,22+,23-,27-,28+,29+/m1/s1. The quantitative estimate of drug-likeness (QED) is 0.634. The van der Waals surface area contributed by atoms with E-state index < -0.39 is 5.60 Å². The molecule has 6 rings (SSSR count). The van der Waals surface area contributed by atoms with Gasteiger partial charge in [0.05, 0.1) is 12.7 Å². The van der Waals surface area contributed by atoms with Crippen molar-refractivity contribution in [1.29, 1.82) is 0 Å². The van der Waals surface area contributed by atoms with Crippen LogP contribution in [0.3, 0.4) is 0 Å². The first-order chi connectivity index (χ1) is 16.6. The van der Waals surface area contributed by atoms with Gasteiger partial charge in [0.25, 0.3) is 0 Å². The number of carbonyl (C=O) groups is 1. The van der Waals surface area contributed by atoms with E-state index in [0.717, 1.165) is 60.7 Å². The van der Waals surface area contributed by atoms with E-state index in [0.29, 0.717) is 23.0 Å². The number of rotatable bonds is 4. The Morgan fingerprint density at radius 3 is 2.57 bits per heavy atom. The molecular weight excluding hydrogens is 438 g/mol. The second kappa shape index (κ2) is 8.03.